The van der Waals surface area contributed by atoms with Gasteiger partial charge in [-0.2, -0.15) is 0 Å². The van der Waals surface area contributed by atoms with E-state index in [1.54, 1.807) is 18.9 Å². The zero-order valence-corrected chi connectivity index (χ0v) is 13.6. The SMILES string of the molecule is COCCNCc1ccc(SCc2nnc(C)n2C)cc1. The van der Waals surface area contributed by atoms with Crippen LogP contribution in [-0.2, 0) is 24.1 Å². The topological polar surface area (TPSA) is 52.0 Å². The lowest BCUT2D eigenvalue weighted by Gasteiger charge is -2.06. The molecule has 0 saturated heterocycles. The number of hydrogen-bond donors (Lipinski definition) is 1. The maximum absolute atomic E-state index is 5.01. The van der Waals surface area contributed by atoms with Gasteiger partial charge in [-0.1, -0.05) is 12.1 Å². The van der Waals surface area contributed by atoms with E-state index in [9.17, 15) is 0 Å². The Labute approximate surface area is 130 Å². The average molecular weight is 306 g/mol. The number of rotatable bonds is 8. The van der Waals surface area contributed by atoms with Crippen LogP contribution in [0.2, 0.25) is 0 Å². The quantitative estimate of drug-likeness (QED) is 0.598. The Morgan fingerprint density at radius 2 is 2.00 bits per heavy atom. The van der Waals surface area contributed by atoms with Crippen LogP contribution in [0.3, 0.4) is 0 Å². The predicted molar refractivity (Wildman–Crippen MR) is 85.3 cm³/mol. The highest BCUT2D eigenvalue weighted by Gasteiger charge is 2.05. The highest BCUT2D eigenvalue weighted by atomic mass is 32.2. The van der Waals surface area contributed by atoms with Crippen LogP contribution in [0.5, 0.6) is 0 Å². The third kappa shape index (κ3) is 4.84. The minimum Gasteiger partial charge on any atom is -0.383 e. The van der Waals surface area contributed by atoms with E-state index in [0.717, 1.165) is 37.1 Å². The van der Waals surface area contributed by atoms with Gasteiger partial charge in [-0.25, -0.2) is 0 Å². The molecule has 21 heavy (non-hydrogen) atoms. The number of nitrogens with zero attached hydrogens (tertiary/aromatic N) is 3. The van der Waals surface area contributed by atoms with Crippen molar-refractivity contribution < 1.29 is 4.74 Å². The zero-order chi connectivity index (χ0) is 15.1. The number of thioether (sulfide) groups is 1. The molecule has 0 amide bonds. The van der Waals surface area contributed by atoms with Gasteiger partial charge in [0.25, 0.3) is 0 Å². The molecule has 1 aromatic heterocycles. The van der Waals surface area contributed by atoms with E-state index in [1.165, 1.54) is 10.5 Å². The van der Waals surface area contributed by atoms with E-state index in [4.69, 9.17) is 4.74 Å². The van der Waals surface area contributed by atoms with Crippen molar-refractivity contribution in [2.24, 2.45) is 7.05 Å². The number of aryl methyl sites for hydroxylation is 1. The molecule has 0 atom stereocenters. The van der Waals surface area contributed by atoms with E-state index >= 15 is 0 Å². The fourth-order valence-corrected chi connectivity index (χ4v) is 2.71. The molecule has 6 heteroatoms. The van der Waals surface area contributed by atoms with Crippen LogP contribution >= 0.6 is 11.8 Å². The van der Waals surface area contributed by atoms with Crippen LogP contribution in [0.25, 0.3) is 0 Å². The minimum atomic E-state index is 0.741. The lowest BCUT2D eigenvalue weighted by molar-refractivity contribution is 0.199. The predicted octanol–water partition coefficient (Wildman–Crippen LogP) is 2.15. The van der Waals surface area contributed by atoms with Crippen molar-refractivity contribution in [1.82, 2.24) is 20.1 Å². The van der Waals surface area contributed by atoms with Crippen molar-refractivity contribution in [2.75, 3.05) is 20.3 Å². The lowest BCUT2D eigenvalue weighted by atomic mass is 10.2. The third-order valence-corrected chi connectivity index (χ3v) is 4.29. The molecule has 2 rings (SSSR count). The smallest absolute Gasteiger partial charge is 0.143 e. The Morgan fingerprint density at radius 1 is 1.24 bits per heavy atom. The molecule has 0 radical (unpaired) electrons. The molecule has 0 bridgehead atoms. The monoisotopic (exact) mass is 306 g/mol. The summed E-state index contributed by atoms with van der Waals surface area (Å²) in [6.07, 6.45) is 0. The Balaban J connectivity index is 1.81. The molecule has 0 saturated carbocycles. The van der Waals surface area contributed by atoms with Crippen LogP contribution in [0.15, 0.2) is 29.2 Å². The largest absolute Gasteiger partial charge is 0.383 e. The molecular formula is C15H22N4OS. The van der Waals surface area contributed by atoms with E-state index in [0.29, 0.717) is 0 Å². The van der Waals surface area contributed by atoms with E-state index in [-0.39, 0.29) is 0 Å². The third-order valence-electron chi connectivity index (χ3n) is 3.29. The summed E-state index contributed by atoms with van der Waals surface area (Å²) in [5.74, 6) is 2.79. The molecule has 1 N–H and O–H groups in total. The molecule has 1 heterocycles. The Kier molecular flexibility index (Phi) is 6.22. The summed E-state index contributed by atoms with van der Waals surface area (Å²) < 4.78 is 7.03. The van der Waals surface area contributed by atoms with Crippen molar-refractivity contribution in [3.63, 3.8) is 0 Å². The molecule has 0 unspecified atom stereocenters. The highest BCUT2D eigenvalue weighted by Crippen LogP contribution is 2.22. The summed E-state index contributed by atoms with van der Waals surface area (Å²) in [7, 11) is 3.71. The molecular weight excluding hydrogens is 284 g/mol. The van der Waals surface area contributed by atoms with Crippen LogP contribution in [0.4, 0.5) is 0 Å². The molecule has 0 aliphatic carbocycles. The van der Waals surface area contributed by atoms with Crippen LogP contribution in [-0.4, -0.2) is 35.0 Å². The van der Waals surface area contributed by atoms with Gasteiger partial charge < -0.3 is 14.6 Å². The van der Waals surface area contributed by atoms with Crippen molar-refractivity contribution in [2.45, 2.75) is 24.1 Å². The average Bonchev–Trinajstić information content (AvgIpc) is 2.82. The van der Waals surface area contributed by atoms with Crippen molar-refractivity contribution >= 4 is 11.8 Å². The van der Waals surface area contributed by atoms with Gasteiger partial charge in [-0.15, -0.1) is 22.0 Å². The Bertz CT molecular complexity index is 553. The molecule has 1 aromatic carbocycles. The van der Waals surface area contributed by atoms with E-state index < -0.39 is 0 Å². The molecule has 0 fully saturated rings. The normalized spacial score (nSPS) is 11.0. The summed E-state index contributed by atoms with van der Waals surface area (Å²) in [5, 5.41) is 11.6. The molecule has 5 nitrogen and oxygen atoms in total. The first kappa shape index (κ1) is 16.0. The number of benzene rings is 1. The summed E-state index contributed by atoms with van der Waals surface area (Å²) in [4.78, 5) is 1.25. The first-order chi connectivity index (χ1) is 10.2. The van der Waals surface area contributed by atoms with Gasteiger partial charge >= 0.3 is 0 Å². The number of methoxy groups -OCH3 is 1. The van der Waals surface area contributed by atoms with E-state index in [1.807, 2.05) is 18.5 Å². The summed E-state index contributed by atoms with van der Waals surface area (Å²) >= 11 is 1.78. The Hall–Kier alpha value is -1.37. The van der Waals surface area contributed by atoms with Gasteiger partial charge in [-0.3, -0.25) is 0 Å². The first-order valence-electron chi connectivity index (χ1n) is 6.97. The summed E-state index contributed by atoms with van der Waals surface area (Å²) in [6, 6.07) is 8.62. The molecule has 114 valence electrons. The number of aromatic nitrogens is 3. The van der Waals surface area contributed by atoms with Gasteiger partial charge in [0.2, 0.25) is 0 Å². The molecule has 2 aromatic rings. The van der Waals surface area contributed by atoms with Gasteiger partial charge in [-0.05, 0) is 24.6 Å². The molecule has 0 aliphatic rings. The minimum absolute atomic E-state index is 0.741. The van der Waals surface area contributed by atoms with Gasteiger partial charge in [0.1, 0.15) is 11.6 Å². The van der Waals surface area contributed by atoms with Crippen molar-refractivity contribution in [3.05, 3.63) is 41.5 Å². The number of ether oxygens (including phenoxy) is 1. The fourth-order valence-electron chi connectivity index (χ4n) is 1.84. The van der Waals surface area contributed by atoms with Gasteiger partial charge in [0.15, 0.2) is 0 Å². The van der Waals surface area contributed by atoms with Gasteiger partial charge in [0, 0.05) is 32.1 Å². The Morgan fingerprint density at radius 3 is 2.62 bits per heavy atom. The highest BCUT2D eigenvalue weighted by molar-refractivity contribution is 7.98. The number of hydrogen-bond acceptors (Lipinski definition) is 5. The number of nitrogens with one attached hydrogen (secondary N) is 1. The van der Waals surface area contributed by atoms with Crippen molar-refractivity contribution in [1.29, 1.82) is 0 Å². The van der Waals surface area contributed by atoms with Crippen LogP contribution in [0, 0.1) is 6.92 Å². The standard InChI is InChI=1S/C15H22N4OS/c1-12-17-18-15(19(12)2)11-21-14-6-4-13(5-7-14)10-16-8-9-20-3/h4-7,16H,8-11H2,1-3H3. The molecule has 0 aliphatic heterocycles. The maximum atomic E-state index is 5.01. The van der Waals surface area contributed by atoms with Crippen LogP contribution in [0.1, 0.15) is 17.2 Å². The second-order valence-electron chi connectivity index (χ2n) is 4.82. The molecule has 0 spiro atoms. The second-order valence-corrected chi connectivity index (χ2v) is 5.87. The summed E-state index contributed by atoms with van der Waals surface area (Å²) in [5.41, 5.74) is 1.28. The maximum Gasteiger partial charge on any atom is 0.143 e. The summed E-state index contributed by atoms with van der Waals surface area (Å²) in [6.45, 7) is 4.45. The zero-order valence-electron chi connectivity index (χ0n) is 12.8. The first-order valence-corrected chi connectivity index (χ1v) is 7.95. The second kappa shape index (κ2) is 8.17. The van der Waals surface area contributed by atoms with Gasteiger partial charge in [0.05, 0.1) is 12.4 Å². The van der Waals surface area contributed by atoms with Crippen LogP contribution < -0.4 is 5.32 Å². The van der Waals surface area contributed by atoms with E-state index in [2.05, 4.69) is 39.8 Å². The fraction of sp³-hybridized carbons (Fsp3) is 0.467. The lowest BCUT2D eigenvalue weighted by Crippen LogP contribution is -2.18. The van der Waals surface area contributed by atoms with Crippen molar-refractivity contribution in [3.8, 4) is 0 Å².